The minimum absolute atomic E-state index is 0.0741. The molecule has 0 saturated carbocycles. The summed E-state index contributed by atoms with van der Waals surface area (Å²) in [5.41, 5.74) is -1.86. The van der Waals surface area contributed by atoms with Crippen LogP contribution in [-0.4, -0.2) is 39.0 Å². The van der Waals surface area contributed by atoms with E-state index >= 15 is 0 Å². The number of aromatic nitrogens is 1. The third kappa shape index (κ3) is 2.26. The predicted molar refractivity (Wildman–Crippen MR) is 66.8 cm³/mol. The van der Waals surface area contributed by atoms with Crippen LogP contribution in [0.4, 0.5) is 0 Å². The highest BCUT2D eigenvalue weighted by Gasteiger charge is 2.43. The van der Waals surface area contributed by atoms with Crippen molar-refractivity contribution in [2.45, 2.75) is 12.0 Å². The summed E-state index contributed by atoms with van der Waals surface area (Å²) in [6.45, 7) is 0. The lowest BCUT2D eigenvalue weighted by Crippen LogP contribution is -2.55. The van der Waals surface area contributed by atoms with E-state index in [0.717, 1.165) is 0 Å². The number of hydrogen-bond acceptors (Lipinski definition) is 4. The van der Waals surface area contributed by atoms with Crippen LogP contribution in [0.1, 0.15) is 16.8 Å². The number of pyridine rings is 1. The number of rotatable bonds is 3. The van der Waals surface area contributed by atoms with Gasteiger partial charge in [-0.05, 0) is 24.3 Å². The number of carboxylic acid groups (broad SMARTS) is 1. The summed E-state index contributed by atoms with van der Waals surface area (Å²) in [5.74, 6) is -0.716. The maximum atomic E-state index is 11.9. The minimum Gasteiger partial charge on any atom is -0.479 e. The fraction of sp³-hybridized carbons (Fsp3) is 0.364. The van der Waals surface area contributed by atoms with Crippen LogP contribution in [0.3, 0.4) is 0 Å². The Kier molecular flexibility index (Phi) is 3.42. The SMILES string of the molecule is O=C(NC1(C(=O)O)CCSC1)c1ccc[nH]c1=O. The second-order valence-corrected chi connectivity index (χ2v) is 5.16. The van der Waals surface area contributed by atoms with Gasteiger partial charge in [-0.3, -0.25) is 9.59 Å². The number of thioether (sulfide) groups is 1. The zero-order valence-electron chi connectivity index (χ0n) is 9.43. The molecule has 0 radical (unpaired) electrons. The predicted octanol–water partition coefficient (Wildman–Crippen LogP) is 0.0650. The molecular weight excluding hydrogens is 256 g/mol. The van der Waals surface area contributed by atoms with E-state index in [9.17, 15) is 19.5 Å². The molecule has 1 saturated heterocycles. The Hall–Kier alpha value is -1.76. The fourth-order valence-corrected chi connectivity index (χ4v) is 3.10. The summed E-state index contributed by atoms with van der Waals surface area (Å²) in [6, 6.07) is 2.89. The summed E-state index contributed by atoms with van der Waals surface area (Å²) in [6.07, 6.45) is 1.78. The van der Waals surface area contributed by atoms with E-state index in [4.69, 9.17) is 0 Å². The first-order valence-corrected chi connectivity index (χ1v) is 6.52. The number of carboxylic acids is 1. The van der Waals surface area contributed by atoms with E-state index in [0.29, 0.717) is 17.9 Å². The molecule has 2 heterocycles. The van der Waals surface area contributed by atoms with Crippen molar-refractivity contribution >= 4 is 23.6 Å². The number of H-pyrrole nitrogens is 1. The summed E-state index contributed by atoms with van der Waals surface area (Å²) in [4.78, 5) is 37.0. The van der Waals surface area contributed by atoms with Crippen molar-refractivity contribution in [1.29, 1.82) is 0 Å². The summed E-state index contributed by atoms with van der Waals surface area (Å²) in [7, 11) is 0. The standard InChI is InChI=1S/C11H12N2O4S/c14-8-7(2-1-4-12-8)9(15)13-11(10(16)17)3-5-18-6-11/h1-2,4H,3,5-6H2,(H,12,14)(H,13,15)(H,16,17). The van der Waals surface area contributed by atoms with Gasteiger partial charge < -0.3 is 15.4 Å². The highest BCUT2D eigenvalue weighted by atomic mass is 32.2. The third-order valence-corrected chi connectivity index (χ3v) is 4.04. The second-order valence-electron chi connectivity index (χ2n) is 4.06. The Balaban J connectivity index is 2.23. The Morgan fingerprint density at radius 3 is 2.83 bits per heavy atom. The molecule has 1 aliphatic heterocycles. The largest absolute Gasteiger partial charge is 0.479 e. The molecule has 1 aliphatic rings. The molecule has 6 nitrogen and oxygen atoms in total. The molecule has 7 heteroatoms. The topological polar surface area (TPSA) is 99.3 Å². The molecule has 18 heavy (non-hydrogen) atoms. The molecule has 1 amide bonds. The number of carbonyl (C=O) groups is 2. The van der Waals surface area contributed by atoms with Crippen molar-refractivity contribution in [3.05, 3.63) is 34.2 Å². The van der Waals surface area contributed by atoms with Crippen molar-refractivity contribution in [1.82, 2.24) is 10.3 Å². The van der Waals surface area contributed by atoms with E-state index in [-0.39, 0.29) is 5.56 Å². The quantitative estimate of drug-likeness (QED) is 0.720. The van der Waals surface area contributed by atoms with Crippen molar-refractivity contribution in [3.63, 3.8) is 0 Å². The molecule has 2 rings (SSSR count). The lowest BCUT2D eigenvalue weighted by atomic mass is 9.98. The molecule has 0 aliphatic carbocycles. The number of nitrogens with one attached hydrogen (secondary N) is 2. The van der Waals surface area contributed by atoms with Crippen LogP contribution in [0, 0.1) is 0 Å². The molecular formula is C11H12N2O4S. The molecule has 3 N–H and O–H groups in total. The van der Waals surface area contributed by atoms with Crippen LogP contribution >= 0.6 is 11.8 Å². The zero-order valence-corrected chi connectivity index (χ0v) is 10.3. The molecule has 1 atom stereocenters. The van der Waals surface area contributed by atoms with E-state index in [1.165, 1.54) is 30.1 Å². The Bertz CT molecular complexity index is 534. The van der Waals surface area contributed by atoms with Gasteiger partial charge in [0.1, 0.15) is 11.1 Å². The highest BCUT2D eigenvalue weighted by Crippen LogP contribution is 2.28. The van der Waals surface area contributed by atoms with E-state index in [2.05, 4.69) is 10.3 Å². The van der Waals surface area contributed by atoms with Crippen LogP contribution in [0.15, 0.2) is 23.1 Å². The highest BCUT2D eigenvalue weighted by molar-refractivity contribution is 7.99. The van der Waals surface area contributed by atoms with Gasteiger partial charge in [0.15, 0.2) is 0 Å². The van der Waals surface area contributed by atoms with E-state index in [1.807, 2.05) is 0 Å². The average Bonchev–Trinajstić information content (AvgIpc) is 2.79. The van der Waals surface area contributed by atoms with Crippen LogP contribution in [0.5, 0.6) is 0 Å². The van der Waals surface area contributed by atoms with Crippen LogP contribution in [0.25, 0.3) is 0 Å². The van der Waals surface area contributed by atoms with Gasteiger partial charge >= 0.3 is 5.97 Å². The maximum Gasteiger partial charge on any atom is 0.330 e. The number of hydrogen-bond donors (Lipinski definition) is 3. The number of amides is 1. The lowest BCUT2D eigenvalue weighted by Gasteiger charge is -2.24. The van der Waals surface area contributed by atoms with Gasteiger partial charge in [0.2, 0.25) is 0 Å². The van der Waals surface area contributed by atoms with E-state index < -0.39 is 23.0 Å². The van der Waals surface area contributed by atoms with Gasteiger partial charge in [-0.1, -0.05) is 0 Å². The zero-order chi connectivity index (χ0) is 13.2. The van der Waals surface area contributed by atoms with Gasteiger partial charge in [0, 0.05) is 11.9 Å². The van der Waals surface area contributed by atoms with Crippen LogP contribution < -0.4 is 10.9 Å². The van der Waals surface area contributed by atoms with Crippen molar-refractivity contribution < 1.29 is 14.7 Å². The van der Waals surface area contributed by atoms with Gasteiger partial charge in [-0.15, -0.1) is 0 Å². The number of aliphatic carboxylic acids is 1. The molecule has 0 spiro atoms. The number of aromatic amines is 1. The summed E-state index contributed by atoms with van der Waals surface area (Å²) >= 11 is 1.47. The lowest BCUT2D eigenvalue weighted by molar-refractivity contribution is -0.143. The Labute approximate surface area is 107 Å². The molecule has 1 aromatic heterocycles. The fourth-order valence-electron chi connectivity index (χ4n) is 1.77. The van der Waals surface area contributed by atoms with E-state index in [1.54, 1.807) is 0 Å². The van der Waals surface area contributed by atoms with Crippen LogP contribution in [-0.2, 0) is 4.79 Å². The molecule has 96 valence electrons. The molecule has 0 aromatic carbocycles. The Morgan fingerprint density at radius 2 is 2.28 bits per heavy atom. The Morgan fingerprint density at radius 1 is 1.50 bits per heavy atom. The smallest absolute Gasteiger partial charge is 0.330 e. The minimum atomic E-state index is -1.26. The first-order valence-electron chi connectivity index (χ1n) is 5.36. The molecule has 1 unspecified atom stereocenters. The average molecular weight is 268 g/mol. The molecule has 1 aromatic rings. The number of carbonyl (C=O) groups excluding carboxylic acids is 1. The summed E-state index contributed by atoms with van der Waals surface area (Å²) < 4.78 is 0. The first-order chi connectivity index (χ1) is 8.55. The first kappa shape index (κ1) is 12.7. The van der Waals surface area contributed by atoms with Gasteiger partial charge in [-0.2, -0.15) is 11.8 Å². The normalized spacial score (nSPS) is 22.7. The molecule has 1 fully saturated rings. The second kappa shape index (κ2) is 4.85. The maximum absolute atomic E-state index is 11.9. The molecule has 0 bridgehead atoms. The monoisotopic (exact) mass is 268 g/mol. The third-order valence-electron chi connectivity index (χ3n) is 2.85. The van der Waals surface area contributed by atoms with Gasteiger partial charge in [0.25, 0.3) is 11.5 Å². The van der Waals surface area contributed by atoms with Crippen molar-refractivity contribution in [2.24, 2.45) is 0 Å². The van der Waals surface area contributed by atoms with Crippen molar-refractivity contribution in [3.8, 4) is 0 Å². The summed E-state index contributed by atoms with van der Waals surface area (Å²) in [5, 5.41) is 11.7. The van der Waals surface area contributed by atoms with Gasteiger partial charge in [-0.25, -0.2) is 4.79 Å². The van der Waals surface area contributed by atoms with Crippen molar-refractivity contribution in [2.75, 3.05) is 11.5 Å². The van der Waals surface area contributed by atoms with Crippen LogP contribution in [0.2, 0.25) is 0 Å². The van der Waals surface area contributed by atoms with Gasteiger partial charge in [0.05, 0.1) is 0 Å².